The Morgan fingerprint density at radius 3 is 1.78 bits per heavy atom. The minimum atomic E-state index is 0.173. The van der Waals surface area contributed by atoms with E-state index < -0.39 is 0 Å². The van der Waals surface area contributed by atoms with Crippen LogP contribution in [0.4, 0.5) is 34.1 Å². The highest BCUT2D eigenvalue weighted by atomic mass is 15.2. The lowest BCUT2D eigenvalue weighted by atomic mass is 9.37. The first-order chi connectivity index (χ1) is 25.0. The van der Waals surface area contributed by atoms with Crippen molar-refractivity contribution >= 4 is 57.2 Å². The molecule has 2 heterocycles. The molecule has 0 radical (unpaired) electrons. The maximum atomic E-state index is 2.62. The zero-order chi connectivity index (χ0) is 34.6. The van der Waals surface area contributed by atoms with Crippen molar-refractivity contribution < 1.29 is 0 Å². The Kier molecular flexibility index (Phi) is 7.66. The van der Waals surface area contributed by atoms with E-state index in [9.17, 15) is 0 Å². The van der Waals surface area contributed by atoms with Gasteiger partial charge in [-0.2, -0.15) is 0 Å². The summed E-state index contributed by atoms with van der Waals surface area (Å²) in [5, 5.41) is 0. The van der Waals surface area contributed by atoms with Crippen LogP contribution in [0.5, 0.6) is 0 Å². The average Bonchev–Trinajstić information content (AvgIpc) is 3.51. The number of rotatable bonds is 7. The van der Waals surface area contributed by atoms with Gasteiger partial charge < -0.3 is 9.80 Å². The molecule has 2 aliphatic heterocycles. The van der Waals surface area contributed by atoms with E-state index in [0.717, 1.165) is 17.1 Å². The van der Waals surface area contributed by atoms with Gasteiger partial charge in [-0.25, -0.2) is 0 Å². The van der Waals surface area contributed by atoms with Crippen LogP contribution >= 0.6 is 0 Å². The van der Waals surface area contributed by atoms with Crippen molar-refractivity contribution in [3.8, 4) is 22.3 Å². The molecular weight excluding hydrogens is 615 g/mol. The Hall–Kier alpha value is -5.80. The molecule has 7 aromatic carbocycles. The number of hydrogen-bond donors (Lipinski definition) is 0. The van der Waals surface area contributed by atoms with Gasteiger partial charge in [0.15, 0.2) is 0 Å². The Labute approximate surface area is 302 Å². The molecule has 0 aromatic heterocycles. The highest BCUT2D eigenvalue weighted by molar-refractivity contribution is 7.01. The lowest BCUT2D eigenvalue weighted by Crippen LogP contribution is -2.55. The van der Waals surface area contributed by atoms with Crippen molar-refractivity contribution in [3.05, 3.63) is 175 Å². The maximum absolute atomic E-state index is 2.62. The van der Waals surface area contributed by atoms with Gasteiger partial charge in [0.1, 0.15) is 0 Å². The quantitative estimate of drug-likeness (QED) is 0.158. The van der Waals surface area contributed by atoms with Gasteiger partial charge in [0.25, 0.3) is 0 Å². The number of nitrogens with zero attached hydrogens (tertiary/aromatic N) is 2. The standard InChI is InChI=1S/C48H41BN2/c1-32(2)39-20-12-14-25-45(39)51-46-31-38(50(36-18-9-6-10-19-36)37-28-26-35(27-29-37)34-16-7-5-8-17-34)30-42-41-21-11-13-23-43(41)49(47(42)46)44-24-15-22-40(33(3)4)48(44)51/h5-33H,1-4H3. The third-order valence-electron chi connectivity index (χ3n) is 10.8. The van der Waals surface area contributed by atoms with Crippen molar-refractivity contribution in [2.45, 2.75) is 39.5 Å². The number of para-hydroxylation sites is 3. The third-order valence-corrected chi connectivity index (χ3v) is 10.8. The molecule has 0 atom stereocenters. The molecule has 0 unspecified atom stereocenters. The van der Waals surface area contributed by atoms with Gasteiger partial charge >= 0.3 is 0 Å². The van der Waals surface area contributed by atoms with Crippen LogP contribution < -0.4 is 26.2 Å². The van der Waals surface area contributed by atoms with Gasteiger partial charge in [-0.3, -0.25) is 0 Å². The summed E-state index contributed by atoms with van der Waals surface area (Å²) in [7, 11) is 0. The highest BCUT2D eigenvalue weighted by Gasteiger charge is 2.44. The fourth-order valence-corrected chi connectivity index (χ4v) is 8.48. The number of fused-ring (bicyclic) bond motifs is 5. The Morgan fingerprint density at radius 1 is 0.451 bits per heavy atom. The minimum Gasteiger partial charge on any atom is -0.311 e. The molecule has 0 saturated carbocycles. The second kappa shape index (κ2) is 12.5. The van der Waals surface area contributed by atoms with E-state index in [1.54, 1.807) is 0 Å². The second-order valence-corrected chi connectivity index (χ2v) is 14.5. The van der Waals surface area contributed by atoms with Crippen molar-refractivity contribution in [2.24, 2.45) is 0 Å². The summed E-state index contributed by atoms with van der Waals surface area (Å²) in [6.45, 7) is 9.46. The van der Waals surface area contributed by atoms with Crippen LogP contribution in [0.3, 0.4) is 0 Å². The SMILES string of the molecule is CC(C)c1ccccc1N1c2cc(N(c3ccccc3)c3ccc(-c4ccccc4)cc3)cc3c2B(c2ccccc2-3)c2cccc(C(C)C)c21. The van der Waals surface area contributed by atoms with Crippen molar-refractivity contribution in [3.63, 3.8) is 0 Å². The molecule has 2 nitrogen and oxygen atoms in total. The van der Waals surface area contributed by atoms with Crippen molar-refractivity contribution in [2.75, 3.05) is 9.80 Å². The largest absolute Gasteiger partial charge is 0.311 e. The summed E-state index contributed by atoms with van der Waals surface area (Å²) in [6, 6.07) is 60.5. The molecule has 0 aliphatic carbocycles. The molecule has 0 bridgehead atoms. The van der Waals surface area contributed by atoms with Gasteiger partial charge in [0.2, 0.25) is 6.71 Å². The Morgan fingerprint density at radius 2 is 1.04 bits per heavy atom. The zero-order valence-electron chi connectivity index (χ0n) is 29.7. The van der Waals surface area contributed by atoms with E-state index in [0.29, 0.717) is 11.8 Å². The van der Waals surface area contributed by atoms with Gasteiger partial charge in [0, 0.05) is 34.1 Å². The molecule has 7 aromatic rings. The van der Waals surface area contributed by atoms with E-state index in [-0.39, 0.29) is 6.71 Å². The first-order valence-corrected chi connectivity index (χ1v) is 18.3. The summed E-state index contributed by atoms with van der Waals surface area (Å²) >= 11 is 0. The normalized spacial score (nSPS) is 12.6. The van der Waals surface area contributed by atoms with Crippen LogP contribution in [-0.2, 0) is 0 Å². The molecule has 51 heavy (non-hydrogen) atoms. The number of hydrogen-bond acceptors (Lipinski definition) is 2. The summed E-state index contributed by atoms with van der Waals surface area (Å²) in [4.78, 5) is 5.05. The molecule has 0 N–H and O–H groups in total. The molecule has 246 valence electrons. The van der Waals surface area contributed by atoms with E-state index in [1.807, 2.05) is 0 Å². The summed E-state index contributed by atoms with van der Waals surface area (Å²) in [5.41, 5.74) is 19.3. The van der Waals surface area contributed by atoms with E-state index in [4.69, 9.17) is 0 Å². The number of benzene rings is 7. The summed E-state index contributed by atoms with van der Waals surface area (Å²) in [6.07, 6.45) is 0. The minimum absolute atomic E-state index is 0.173. The van der Waals surface area contributed by atoms with Gasteiger partial charge in [-0.15, -0.1) is 0 Å². The lowest BCUT2D eigenvalue weighted by Gasteiger charge is -2.40. The van der Waals surface area contributed by atoms with Crippen LogP contribution in [0, 0.1) is 0 Å². The number of anilines is 6. The fourth-order valence-electron chi connectivity index (χ4n) is 8.48. The van der Waals surface area contributed by atoms with Crippen LogP contribution in [-0.4, -0.2) is 6.71 Å². The molecule has 9 rings (SSSR count). The fraction of sp³-hybridized carbons (Fsp3) is 0.125. The highest BCUT2D eigenvalue weighted by Crippen LogP contribution is 2.48. The average molecular weight is 657 g/mol. The smallest absolute Gasteiger partial charge is 0.248 e. The maximum Gasteiger partial charge on any atom is 0.248 e. The first-order valence-electron chi connectivity index (χ1n) is 18.3. The van der Waals surface area contributed by atoms with Crippen LogP contribution in [0.15, 0.2) is 164 Å². The molecule has 0 saturated heterocycles. The Balaban J connectivity index is 1.34. The van der Waals surface area contributed by atoms with E-state index in [2.05, 4.69) is 201 Å². The second-order valence-electron chi connectivity index (χ2n) is 14.5. The topological polar surface area (TPSA) is 6.48 Å². The molecule has 0 spiro atoms. The Bertz CT molecular complexity index is 2380. The van der Waals surface area contributed by atoms with Crippen LogP contribution in [0.2, 0.25) is 0 Å². The van der Waals surface area contributed by atoms with Crippen LogP contribution in [0.1, 0.15) is 50.7 Å². The van der Waals surface area contributed by atoms with Gasteiger partial charge in [-0.05, 0) is 98.6 Å². The molecule has 2 aliphatic rings. The molecule has 0 fully saturated rings. The van der Waals surface area contributed by atoms with Gasteiger partial charge in [0.05, 0.1) is 0 Å². The monoisotopic (exact) mass is 656 g/mol. The first kappa shape index (κ1) is 31.2. The molecule has 0 amide bonds. The predicted octanol–water partition coefficient (Wildman–Crippen LogP) is 11.3. The third kappa shape index (κ3) is 5.10. The van der Waals surface area contributed by atoms with E-state index in [1.165, 1.54) is 66.8 Å². The van der Waals surface area contributed by atoms with Gasteiger partial charge in [-0.1, -0.05) is 154 Å². The van der Waals surface area contributed by atoms with E-state index >= 15 is 0 Å². The summed E-state index contributed by atoms with van der Waals surface area (Å²) < 4.78 is 0. The predicted molar refractivity (Wildman–Crippen MR) is 220 cm³/mol. The molecular formula is C48H41BN2. The van der Waals surface area contributed by atoms with Crippen molar-refractivity contribution in [1.29, 1.82) is 0 Å². The van der Waals surface area contributed by atoms with Crippen molar-refractivity contribution in [1.82, 2.24) is 0 Å². The molecule has 3 heteroatoms. The summed E-state index contributed by atoms with van der Waals surface area (Å²) in [5.74, 6) is 0.726. The lowest BCUT2D eigenvalue weighted by molar-refractivity contribution is 0.855. The van der Waals surface area contributed by atoms with Crippen LogP contribution in [0.25, 0.3) is 22.3 Å². The zero-order valence-corrected chi connectivity index (χ0v) is 29.7.